The summed E-state index contributed by atoms with van der Waals surface area (Å²) in [6, 6.07) is 6.83. The van der Waals surface area contributed by atoms with Gasteiger partial charge in [-0.15, -0.1) is 0 Å². The van der Waals surface area contributed by atoms with Crippen LogP contribution in [0, 0.1) is 5.92 Å². The average molecular weight is 348 g/mol. The van der Waals surface area contributed by atoms with Crippen molar-refractivity contribution in [2.75, 3.05) is 20.2 Å². The Kier molecular flexibility index (Phi) is 12.5. The summed E-state index contributed by atoms with van der Waals surface area (Å²) < 4.78 is 5.64. The Morgan fingerprint density at radius 2 is 1.68 bits per heavy atom. The zero-order valence-corrected chi connectivity index (χ0v) is 17.2. The van der Waals surface area contributed by atoms with Crippen LogP contribution in [0.25, 0.3) is 0 Å². The predicted octanol–water partition coefficient (Wildman–Crippen LogP) is 6.17. The summed E-state index contributed by atoms with van der Waals surface area (Å²) in [5, 5.41) is 3.61. The standard InChI is InChI=1S/C23H41NO/c1-5-8-9-10-11-14-22-16-15-21(18-23(22)25-4)13-12-17-24-19-20(6-2)7-3/h15-16,18,20,24H,5-14,17,19H2,1-4H3. The maximum absolute atomic E-state index is 5.64. The van der Waals surface area contributed by atoms with Gasteiger partial charge < -0.3 is 10.1 Å². The van der Waals surface area contributed by atoms with E-state index in [0.717, 1.165) is 37.6 Å². The van der Waals surface area contributed by atoms with Gasteiger partial charge in [0, 0.05) is 0 Å². The van der Waals surface area contributed by atoms with Crippen molar-refractivity contribution in [1.29, 1.82) is 0 Å². The van der Waals surface area contributed by atoms with Gasteiger partial charge in [0.25, 0.3) is 0 Å². The van der Waals surface area contributed by atoms with E-state index in [1.807, 2.05) is 0 Å². The van der Waals surface area contributed by atoms with Crippen LogP contribution < -0.4 is 10.1 Å². The molecule has 25 heavy (non-hydrogen) atoms. The van der Waals surface area contributed by atoms with Crippen LogP contribution in [0.5, 0.6) is 5.75 Å². The second-order valence-electron chi connectivity index (χ2n) is 7.30. The van der Waals surface area contributed by atoms with E-state index in [2.05, 4.69) is 44.3 Å². The monoisotopic (exact) mass is 347 g/mol. The lowest BCUT2D eigenvalue weighted by Gasteiger charge is -2.13. The maximum atomic E-state index is 5.64. The SMILES string of the molecule is CCCCCCCc1ccc(CCCNCC(CC)CC)cc1OC. The second-order valence-corrected chi connectivity index (χ2v) is 7.30. The first-order chi connectivity index (χ1) is 12.2. The Bertz CT molecular complexity index is 440. The van der Waals surface area contributed by atoms with Crippen molar-refractivity contribution in [3.63, 3.8) is 0 Å². The molecule has 1 N–H and O–H groups in total. The molecule has 2 heteroatoms. The molecule has 0 aromatic heterocycles. The maximum Gasteiger partial charge on any atom is 0.122 e. The fourth-order valence-electron chi connectivity index (χ4n) is 3.37. The summed E-state index contributed by atoms with van der Waals surface area (Å²) in [5.41, 5.74) is 2.77. The third-order valence-electron chi connectivity index (χ3n) is 5.31. The summed E-state index contributed by atoms with van der Waals surface area (Å²) in [5.74, 6) is 1.91. The molecule has 0 aliphatic heterocycles. The van der Waals surface area contributed by atoms with Gasteiger partial charge in [-0.2, -0.15) is 0 Å². The van der Waals surface area contributed by atoms with E-state index in [1.54, 1.807) is 7.11 Å². The first kappa shape index (κ1) is 22.0. The normalized spacial score (nSPS) is 11.2. The highest BCUT2D eigenvalue weighted by Crippen LogP contribution is 2.23. The predicted molar refractivity (Wildman–Crippen MR) is 111 cm³/mol. The zero-order chi connectivity index (χ0) is 18.3. The van der Waals surface area contributed by atoms with E-state index in [1.165, 1.54) is 62.5 Å². The van der Waals surface area contributed by atoms with Gasteiger partial charge in [0.05, 0.1) is 7.11 Å². The quantitative estimate of drug-likeness (QED) is 0.383. The highest BCUT2D eigenvalue weighted by Gasteiger charge is 2.05. The summed E-state index contributed by atoms with van der Waals surface area (Å²) in [4.78, 5) is 0. The molecule has 1 rings (SSSR count). The molecule has 0 radical (unpaired) electrons. The minimum atomic E-state index is 0.830. The minimum absolute atomic E-state index is 0.830. The van der Waals surface area contributed by atoms with Crippen molar-refractivity contribution >= 4 is 0 Å². The van der Waals surface area contributed by atoms with Crippen LogP contribution in [0.2, 0.25) is 0 Å². The Labute approximate surface area is 156 Å². The number of hydrogen-bond acceptors (Lipinski definition) is 2. The van der Waals surface area contributed by atoms with Crippen LogP contribution in [0.1, 0.15) is 83.3 Å². The Balaban J connectivity index is 2.33. The molecular weight excluding hydrogens is 306 g/mol. The number of methoxy groups -OCH3 is 1. The zero-order valence-electron chi connectivity index (χ0n) is 17.2. The second kappa shape index (κ2) is 14.2. The van der Waals surface area contributed by atoms with E-state index < -0.39 is 0 Å². The molecule has 0 heterocycles. The number of aryl methyl sites for hydroxylation is 2. The third kappa shape index (κ3) is 9.30. The number of rotatable bonds is 15. The molecule has 0 fully saturated rings. The molecule has 0 saturated carbocycles. The fraction of sp³-hybridized carbons (Fsp3) is 0.739. The molecule has 1 aromatic rings. The van der Waals surface area contributed by atoms with Crippen molar-refractivity contribution in [2.45, 2.75) is 85.0 Å². The van der Waals surface area contributed by atoms with Gasteiger partial charge in [0.15, 0.2) is 0 Å². The van der Waals surface area contributed by atoms with Gasteiger partial charge in [-0.3, -0.25) is 0 Å². The minimum Gasteiger partial charge on any atom is -0.496 e. The number of ether oxygens (including phenoxy) is 1. The summed E-state index contributed by atoms with van der Waals surface area (Å²) in [7, 11) is 1.80. The van der Waals surface area contributed by atoms with Gasteiger partial charge in [-0.1, -0.05) is 71.4 Å². The molecule has 0 bridgehead atoms. The smallest absolute Gasteiger partial charge is 0.122 e. The molecule has 0 spiro atoms. The average Bonchev–Trinajstić information content (AvgIpc) is 2.65. The van der Waals surface area contributed by atoms with Crippen LogP contribution in [-0.4, -0.2) is 20.2 Å². The fourth-order valence-corrected chi connectivity index (χ4v) is 3.37. The third-order valence-corrected chi connectivity index (χ3v) is 5.31. The van der Waals surface area contributed by atoms with Crippen molar-refractivity contribution in [3.05, 3.63) is 29.3 Å². The van der Waals surface area contributed by atoms with Crippen molar-refractivity contribution in [2.24, 2.45) is 5.92 Å². The van der Waals surface area contributed by atoms with E-state index in [0.29, 0.717) is 0 Å². The highest BCUT2D eigenvalue weighted by atomic mass is 16.5. The number of unbranched alkanes of at least 4 members (excludes halogenated alkanes) is 4. The van der Waals surface area contributed by atoms with Gasteiger partial charge >= 0.3 is 0 Å². The van der Waals surface area contributed by atoms with Crippen molar-refractivity contribution in [3.8, 4) is 5.75 Å². The van der Waals surface area contributed by atoms with Crippen LogP contribution >= 0.6 is 0 Å². The molecule has 0 aliphatic carbocycles. The van der Waals surface area contributed by atoms with Crippen LogP contribution in [-0.2, 0) is 12.8 Å². The summed E-state index contributed by atoms with van der Waals surface area (Å²) in [6.07, 6.45) is 12.7. The van der Waals surface area contributed by atoms with Crippen LogP contribution in [0.3, 0.4) is 0 Å². The summed E-state index contributed by atoms with van der Waals surface area (Å²) >= 11 is 0. The summed E-state index contributed by atoms with van der Waals surface area (Å²) in [6.45, 7) is 9.11. The number of hydrogen-bond donors (Lipinski definition) is 1. The van der Waals surface area contributed by atoms with Gasteiger partial charge in [-0.05, 0) is 61.9 Å². The van der Waals surface area contributed by atoms with Crippen molar-refractivity contribution < 1.29 is 4.74 Å². The Morgan fingerprint density at radius 1 is 0.920 bits per heavy atom. The molecule has 0 amide bonds. The molecule has 0 aliphatic rings. The largest absolute Gasteiger partial charge is 0.496 e. The first-order valence-electron chi connectivity index (χ1n) is 10.6. The Hall–Kier alpha value is -1.02. The van der Waals surface area contributed by atoms with Crippen LogP contribution in [0.15, 0.2) is 18.2 Å². The van der Waals surface area contributed by atoms with Crippen LogP contribution in [0.4, 0.5) is 0 Å². The lowest BCUT2D eigenvalue weighted by molar-refractivity contribution is 0.408. The number of nitrogens with one attached hydrogen (secondary N) is 1. The van der Waals surface area contributed by atoms with E-state index in [9.17, 15) is 0 Å². The molecule has 1 aromatic carbocycles. The lowest BCUT2D eigenvalue weighted by atomic mass is 10.0. The highest BCUT2D eigenvalue weighted by molar-refractivity contribution is 5.37. The molecule has 0 saturated heterocycles. The van der Waals surface area contributed by atoms with Gasteiger partial charge in [0.1, 0.15) is 5.75 Å². The Morgan fingerprint density at radius 3 is 2.36 bits per heavy atom. The van der Waals surface area contributed by atoms with Crippen molar-refractivity contribution in [1.82, 2.24) is 5.32 Å². The lowest BCUT2D eigenvalue weighted by Crippen LogP contribution is -2.23. The molecule has 0 atom stereocenters. The topological polar surface area (TPSA) is 21.3 Å². The molecular formula is C23H41NO. The van der Waals surface area contributed by atoms with E-state index >= 15 is 0 Å². The number of benzene rings is 1. The van der Waals surface area contributed by atoms with Gasteiger partial charge in [0.2, 0.25) is 0 Å². The van der Waals surface area contributed by atoms with E-state index in [4.69, 9.17) is 4.74 Å². The molecule has 2 nitrogen and oxygen atoms in total. The first-order valence-corrected chi connectivity index (χ1v) is 10.6. The molecule has 144 valence electrons. The van der Waals surface area contributed by atoms with E-state index in [-0.39, 0.29) is 0 Å². The van der Waals surface area contributed by atoms with Gasteiger partial charge in [-0.25, -0.2) is 0 Å². The molecule has 0 unspecified atom stereocenters.